The first kappa shape index (κ1) is 14.3. The van der Waals surface area contributed by atoms with Gasteiger partial charge < -0.3 is 15.3 Å². The number of hydrogen-bond acceptors (Lipinski definition) is 4. The fourth-order valence-electron chi connectivity index (χ4n) is 3.24. The number of halogens is 1. The SMILES string of the molecule is O=C(NC1CCN(c2ncccc2F)C1)C1CCCC1O. The molecule has 5 nitrogen and oxygen atoms in total. The van der Waals surface area contributed by atoms with E-state index < -0.39 is 6.10 Å². The highest BCUT2D eigenvalue weighted by Crippen LogP contribution is 2.26. The van der Waals surface area contributed by atoms with Crippen LogP contribution in [0.15, 0.2) is 18.3 Å². The van der Waals surface area contributed by atoms with E-state index in [0.29, 0.717) is 25.3 Å². The number of amides is 1. The van der Waals surface area contributed by atoms with Crippen molar-refractivity contribution in [3.63, 3.8) is 0 Å². The Labute approximate surface area is 123 Å². The molecule has 2 fully saturated rings. The predicted molar refractivity (Wildman–Crippen MR) is 76.3 cm³/mol. The molecule has 2 N–H and O–H groups in total. The summed E-state index contributed by atoms with van der Waals surface area (Å²) in [6, 6.07) is 2.95. The van der Waals surface area contributed by atoms with E-state index in [9.17, 15) is 14.3 Å². The van der Waals surface area contributed by atoms with E-state index in [4.69, 9.17) is 0 Å². The van der Waals surface area contributed by atoms with Gasteiger partial charge in [-0.25, -0.2) is 9.37 Å². The zero-order valence-electron chi connectivity index (χ0n) is 11.8. The number of aliphatic hydroxyl groups excluding tert-OH is 1. The maximum absolute atomic E-state index is 13.7. The number of rotatable bonds is 3. The number of aromatic nitrogens is 1. The van der Waals surface area contributed by atoms with E-state index in [1.807, 2.05) is 4.90 Å². The lowest BCUT2D eigenvalue weighted by Gasteiger charge is -2.20. The van der Waals surface area contributed by atoms with E-state index in [1.54, 1.807) is 12.3 Å². The molecule has 0 radical (unpaired) electrons. The third kappa shape index (κ3) is 3.00. The van der Waals surface area contributed by atoms with E-state index in [1.165, 1.54) is 6.07 Å². The van der Waals surface area contributed by atoms with Crippen LogP contribution >= 0.6 is 0 Å². The minimum Gasteiger partial charge on any atom is -0.392 e. The highest BCUT2D eigenvalue weighted by Gasteiger charge is 2.34. The number of hydrogen-bond donors (Lipinski definition) is 2. The largest absolute Gasteiger partial charge is 0.392 e. The summed E-state index contributed by atoms with van der Waals surface area (Å²) in [5.41, 5.74) is 0. The molecule has 1 amide bonds. The van der Waals surface area contributed by atoms with Gasteiger partial charge in [0, 0.05) is 25.3 Å². The van der Waals surface area contributed by atoms with Gasteiger partial charge in [0.05, 0.1) is 12.0 Å². The topological polar surface area (TPSA) is 65.5 Å². The summed E-state index contributed by atoms with van der Waals surface area (Å²) in [4.78, 5) is 18.1. The van der Waals surface area contributed by atoms with Crippen molar-refractivity contribution in [2.24, 2.45) is 5.92 Å². The second kappa shape index (κ2) is 5.97. The van der Waals surface area contributed by atoms with E-state index in [0.717, 1.165) is 19.3 Å². The van der Waals surface area contributed by atoms with Crippen LogP contribution in [-0.2, 0) is 4.79 Å². The Balaban J connectivity index is 1.58. The highest BCUT2D eigenvalue weighted by molar-refractivity contribution is 5.80. The van der Waals surface area contributed by atoms with Crippen molar-refractivity contribution in [2.75, 3.05) is 18.0 Å². The van der Waals surface area contributed by atoms with Crippen LogP contribution in [0.4, 0.5) is 10.2 Å². The Morgan fingerprint density at radius 2 is 2.29 bits per heavy atom. The number of carbonyl (C=O) groups is 1. The van der Waals surface area contributed by atoms with Gasteiger partial charge in [0.2, 0.25) is 5.91 Å². The highest BCUT2D eigenvalue weighted by atomic mass is 19.1. The van der Waals surface area contributed by atoms with Crippen LogP contribution in [0.25, 0.3) is 0 Å². The molecule has 2 heterocycles. The molecule has 0 aromatic carbocycles. The van der Waals surface area contributed by atoms with Gasteiger partial charge in [-0.15, -0.1) is 0 Å². The van der Waals surface area contributed by atoms with Gasteiger partial charge in [0.15, 0.2) is 11.6 Å². The van der Waals surface area contributed by atoms with Gasteiger partial charge in [-0.3, -0.25) is 4.79 Å². The maximum atomic E-state index is 13.7. The molecule has 1 aromatic rings. The first-order valence-corrected chi connectivity index (χ1v) is 7.49. The van der Waals surface area contributed by atoms with Crippen LogP contribution in [0.2, 0.25) is 0 Å². The number of nitrogens with one attached hydrogen (secondary N) is 1. The van der Waals surface area contributed by atoms with Crippen molar-refractivity contribution in [3.05, 3.63) is 24.1 Å². The summed E-state index contributed by atoms with van der Waals surface area (Å²) >= 11 is 0. The molecule has 114 valence electrons. The van der Waals surface area contributed by atoms with E-state index in [2.05, 4.69) is 10.3 Å². The van der Waals surface area contributed by atoms with Crippen molar-refractivity contribution in [2.45, 2.75) is 37.8 Å². The number of nitrogens with zero attached hydrogens (tertiary/aromatic N) is 2. The lowest BCUT2D eigenvalue weighted by atomic mass is 10.0. The Bertz CT molecular complexity index is 525. The zero-order chi connectivity index (χ0) is 14.8. The smallest absolute Gasteiger partial charge is 0.226 e. The van der Waals surface area contributed by atoms with Crippen molar-refractivity contribution >= 4 is 11.7 Å². The summed E-state index contributed by atoms with van der Waals surface area (Å²) in [6.45, 7) is 1.23. The molecule has 3 rings (SSSR count). The van der Waals surface area contributed by atoms with Gasteiger partial charge in [-0.05, 0) is 37.8 Å². The van der Waals surface area contributed by atoms with E-state index >= 15 is 0 Å². The molecule has 3 unspecified atom stereocenters. The molecule has 1 aromatic heterocycles. The standard InChI is InChI=1S/C15H20FN3O2/c16-12-4-2-7-17-14(12)19-8-6-10(9-19)18-15(21)11-3-1-5-13(11)20/h2,4,7,10-11,13,20H,1,3,5-6,8-9H2,(H,18,21). The third-order valence-corrected chi connectivity index (χ3v) is 4.39. The van der Waals surface area contributed by atoms with Gasteiger partial charge >= 0.3 is 0 Å². The first-order valence-electron chi connectivity index (χ1n) is 7.49. The fourth-order valence-corrected chi connectivity index (χ4v) is 3.24. The fraction of sp³-hybridized carbons (Fsp3) is 0.600. The number of carbonyl (C=O) groups excluding carboxylic acids is 1. The molecular formula is C15H20FN3O2. The number of anilines is 1. The summed E-state index contributed by atoms with van der Waals surface area (Å²) < 4.78 is 13.7. The second-order valence-corrected chi connectivity index (χ2v) is 5.85. The van der Waals surface area contributed by atoms with Crippen molar-refractivity contribution in [3.8, 4) is 0 Å². The molecule has 2 aliphatic rings. The molecule has 3 atom stereocenters. The summed E-state index contributed by atoms with van der Waals surface area (Å²) in [5.74, 6) is -0.357. The average Bonchev–Trinajstić information content (AvgIpc) is 3.08. The Hall–Kier alpha value is -1.69. The predicted octanol–water partition coefficient (Wildman–Crippen LogP) is 1.08. The van der Waals surface area contributed by atoms with Gasteiger partial charge in [0.1, 0.15) is 0 Å². The van der Waals surface area contributed by atoms with Gasteiger partial charge in [-0.1, -0.05) is 0 Å². The minimum absolute atomic E-state index is 0.00768. The third-order valence-electron chi connectivity index (χ3n) is 4.39. The normalized spacial score (nSPS) is 28.9. The van der Waals surface area contributed by atoms with Crippen LogP contribution in [0.5, 0.6) is 0 Å². The summed E-state index contributed by atoms with van der Waals surface area (Å²) in [5, 5.41) is 12.7. The lowest BCUT2D eigenvalue weighted by molar-refractivity contribution is -0.128. The van der Waals surface area contributed by atoms with Crippen LogP contribution < -0.4 is 10.2 Å². The minimum atomic E-state index is -0.518. The van der Waals surface area contributed by atoms with E-state index in [-0.39, 0.29) is 23.7 Å². The van der Waals surface area contributed by atoms with Crippen molar-refractivity contribution in [1.29, 1.82) is 0 Å². The molecule has 1 aliphatic heterocycles. The van der Waals surface area contributed by atoms with Crippen molar-refractivity contribution < 1.29 is 14.3 Å². The molecule has 1 saturated heterocycles. The molecule has 0 spiro atoms. The lowest BCUT2D eigenvalue weighted by Crippen LogP contribution is -2.42. The van der Waals surface area contributed by atoms with Crippen LogP contribution in [0.3, 0.4) is 0 Å². The Kier molecular flexibility index (Phi) is 4.05. The Morgan fingerprint density at radius 3 is 3.00 bits per heavy atom. The van der Waals surface area contributed by atoms with Crippen molar-refractivity contribution in [1.82, 2.24) is 10.3 Å². The summed E-state index contributed by atoms with van der Waals surface area (Å²) in [6.07, 6.45) is 4.17. The summed E-state index contributed by atoms with van der Waals surface area (Å²) in [7, 11) is 0. The molecule has 1 aliphatic carbocycles. The van der Waals surface area contributed by atoms with Gasteiger partial charge in [0.25, 0.3) is 0 Å². The van der Waals surface area contributed by atoms with Crippen LogP contribution in [0, 0.1) is 11.7 Å². The average molecular weight is 293 g/mol. The van der Waals surface area contributed by atoms with Crippen LogP contribution in [0.1, 0.15) is 25.7 Å². The second-order valence-electron chi connectivity index (χ2n) is 5.85. The Morgan fingerprint density at radius 1 is 1.43 bits per heavy atom. The molecule has 6 heteroatoms. The molecular weight excluding hydrogens is 273 g/mol. The zero-order valence-corrected chi connectivity index (χ0v) is 11.8. The molecule has 1 saturated carbocycles. The quantitative estimate of drug-likeness (QED) is 0.875. The molecule has 0 bridgehead atoms. The van der Waals surface area contributed by atoms with Gasteiger partial charge in [-0.2, -0.15) is 0 Å². The maximum Gasteiger partial charge on any atom is 0.226 e. The first-order chi connectivity index (χ1) is 10.1. The van der Waals surface area contributed by atoms with Crippen LogP contribution in [-0.4, -0.2) is 41.2 Å². The monoisotopic (exact) mass is 293 g/mol. The number of pyridine rings is 1. The molecule has 21 heavy (non-hydrogen) atoms. The number of aliphatic hydroxyl groups is 1.